The van der Waals surface area contributed by atoms with Crippen LogP contribution in [-0.4, -0.2) is 16.8 Å². The van der Waals surface area contributed by atoms with Crippen LogP contribution in [0.2, 0.25) is 0 Å². The van der Waals surface area contributed by atoms with Crippen LogP contribution in [0.15, 0.2) is 12.1 Å². The van der Waals surface area contributed by atoms with Crippen molar-refractivity contribution in [1.82, 2.24) is 0 Å². The van der Waals surface area contributed by atoms with Gasteiger partial charge in [0, 0.05) is 0 Å². The summed E-state index contributed by atoms with van der Waals surface area (Å²) in [6.45, 7) is 3.55. The van der Waals surface area contributed by atoms with Crippen molar-refractivity contribution < 1.29 is 10.2 Å². The molecule has 14 heavy (non-hydrogen) atoms. The molecule has 0 bridgehead atoms. The van der Waals surface area contributed by atoms with Crippen LogP contribution in [0, 0.1) is 13.8 Å². The fourth-order valence-corrected chi connectivity index (χ4v) is 1.31. The molecule has 0 aliphatic carbocycles. The molecule has 4 N–H and O–H groups in total. The number of rotatable bonds is 2. The van der Waals surface area contributed by atoms with Crippen molar-refractivity contribution >= 4 is 12.4 Å². The van der Waals surface area contributed by atoms with Gasteiger partial charge in [-0.15, -0.1) is 12.4 Å². The lowest BCUT2D eigenvalue weighted by molar-refractivity contribution is 0.268. The summed E-state index contributed by atoms with van der Waals surface area (Å²) >= 11 is 0. The average molecular weight is 218 g/mol. The first-order valence-corrected chi connectivity index (χ1v) is 4.22. The molecule has 0 aliphatic heterocycles. The molecule has 80 valence electrons. The number of benzene rings is 1. The lowest BCUT2D eigenvalue weighted by Gasteiger charge is -2.12. The van der Waals surface area contributed by atoms with E-state index in [1.807, 2.05) is 13.8 Å². The molecule has 0 aliphatic rings. The van der Waals surface area contributed by atoms with E-state index in [0.717, 1.165) is 16.7 Å². The maximum absolute atomic E-state index is 9.48. The average Bonchev–Trinajstić information content (AvgIpc) is 2.12. The van der Waals surface area contributed by atoms with Crippen molar-refractivity contribution in [3.63, 3.8) is 0 Å². The Bertz CT molecular complexity index is 292. The lowest BCUT2D eigenvalue weighted by atomic mass is 10.0. The second-order valence-electron chi connectivity index (χ2n) is 3.29. The summed E-state index contributed by atoms with van der Waals surface area (Å²) in [5, 5.41) is 18.3. The number of aryl methyl sites for hydroxylation is 2. The summed E-state index contributed by atoms with van der Waals surface area (Å²) < 4.78 is 0. The highest BCUT2D eigenvalue weighted by Crippen LogP contribution is 2.25. The number of hydrogen-bond donors (Lipinski definition) is 3. The third-order valence-electron chi connectivity index (χ3n) is 2.14. The highest BCUT2D eigenvalue weighted by atomic mass is 35.5. The van der Waals surface area contributed by atoms with Crippen LogP contribution in [0.3, 0.4) is 0 Å². The predicted octanol–water partition coefficient (Wildman–Crippen LogP) is 1.42. The Morgan fingerprint density at radius 2 is 1.71 bits per heavy atom. The summed E-state index contributed by atoms with van der Waals surface area (Å²) in [5.41, 5.74) is 8.09. The van der Waals surface area contributed by atoms with Gasteiger partial charge in [-0.05, 0) is 30.5 Å². The number of phenolic OH excluding ortho intramolecular Hbond substituents is 1. The number of phenols is 1. The van der Waals surface area contributed by atoms with E-state index in [4.69, 9.17) is 10.8 Å². The third-order valence-corrected chi connectivity index (χ3v) is 2.14. The van der Waals surface area contributed by atoms with Crippen LogP contribution >= 0.6 is 12.4 Å². The molecule has 0 aromatic heterocycles. The molecule has 1 rings (SSSR count). The first-order valence-electron chi connectivity index (χ1n) is 4.22. The van der Waals surface area contributed by atoms with Gasteiger partial charge in [-0.2, -0.15) is 0 Å². The van der Waals surface area contributed by atoms with Gasteiger partial charge in [0.25, 0.3) is 0 Å². The van der Waals surface area contributed by atoms with E-state index in [0.29, 0.717) is 5.75 Å². The van der Waals surface area contributed by atoms with E-state index in [2.05, 4.69) is 0 Å². The van der Waals surface area contributed by atoms with E-state index in [1.165, 1.54) is 0 Å². The molecule has 0 saturated carbocycles. The van der Waals surface area contributed by atoms with E-state index < -0.39 is 0 Å². The highest BCUT2D eigenvalue weighted by Gasteiger charge is 2.08. The molecule has 3 nitrogen and oxygen atoms in total. The molecule has 0 spiro atoms. The van der Waals surface area contributed by atoms with Crippen LogP contribution in [0.1, 0.15) is 22.7 Å². The van der Waals surface area contributed by atoms with Gasteiger partial charge in [0.15, 0.2) is 0 Å². The quantitative estimate of drug-likeness (QED) is 0.702. The highest BCUT2D eigenvalue weighted by molar-refractivity contribution is 5.85. The molecule has 1 aromatic rings. The SMILES string of the molecule is Cc1cc([C@H](N)CO)cc(C)c1O.Cl. The number of hydrogen-bond acceptors (Lipinski definition) is 3. The maximum atomic E-state index is 9.48. The molecule has 1 atom stereocenters. The van der Waals surface area contributed by atoms with Crippen molar-refractivity contribution in [2.24, 2.45) is 5.73 Å². The van der Waals surface area contributed by atoms with Crippen molar-refractivity contribution in [2.75, 3.05) is 6.61 Å². The summed E-state index contributed by atoms with van der Waals surface area (Å²) in [6.07, 6.45) is 0. The number of halogens is 1. The van der Waals surface area contributed by atoms with Crippen LogP contribution < -0.4 is 5.73 Å². The molecular formula is C10H16ClNO2. The molecule has 0 radical (unpaired) electrons. The Labute approximate surface area is 90.0 Å². The van der Waals surface area contributed by atoms with E-state index in [1.54, 1.807) is 12.1 Å². The van der Waals surface area contributed by atoms with Gasteiger partial charge >= 0.3 is 0 Å². The molecule has 4 heteroatoms. The largest absolute Gasteiger partial charge is 0.507 e. The Kier molecular flexibility index (Phi) is 4.91. The van der Waals surface area contributed by atoms with E-state index in [-0.39, 0.29) is 25.1 Å². The normalized spacial score (nSPS) is 12.0. The van der Waals surface area contributed by atoms with Gasteiger partial charge in [0.2, 0.25) is 0 Å². The maximum Gasteiger partial charge on any atom is 0.121 e. The summed E-state index contributed by atoms with van der Waals surface area (Å²) in [7, 11) is 0. The Hall–Kier alpha value is -0.770. The molecule has 0 amide bonds. The smallest absolute Gasteiger partial charge is 0.121 e. The van der Waals surface area contributed by atoms with Crippen LogP contribution in [0.4, 0.5) is 0 Å². The van der Waals surface area contributed by atoms with Gasteiger partial charge in [-0.1, -0.05) is 12.1 Å². The van der Waals surface area contributed by atoms with E-state index in [9.17, 15) is 5.11 Å². The zero-order valence-electron chi connectivity index (χ0n) is 8.32. The molecule has 1 aromatic carbocycles. The summed E-state index contributed by atoms with van der Waals surface area (Å²) in [6, 6.07) is 3.23. The number of aliphatic hydroxyl groups excluding tert-OH is 1. The number of nitrogens with two attached hydrogens (primary N) is 1. The Morgan fingerprint density at radius 1 is 1.29 bits per heavy atom. The minimum atomic E-state index is -0.363. The topological polar surface area (TPSA) is 66.5 Å². The second-order valence-corrected chi connectivity index (χ2v) is 3.29. The van der Waals surface area contributed by atoms with E-state index >= 15 is 0 Å². The lowest BCUT2D eigenvalue weighted by Crippen LogP contribution is -2.14. The summed E-state index contributed by atoms with van der Waals surface area (Å²) in [5.74, 6) is 0.300. The first kappa shape index (κ1) is 13.2. The predicted molar refractivity (Wildman–Crippen MR) is 58.8 cm³/mol. The van der Waals surface area contributed by atoms with Gasteiger partial charge in [0.05, 0.1) is 12.6 Å². The fourth-order valence-electron chi connectivity index (χ4n) is 1.31. The molecular weight excluding hydrogens is 202 g/mol. The Balaban J connectivity index is 0.00000169. The van der Waals surface area contributed by atoms with Gasteiger partial charge in [0.1, 0.15) is 5.75 Å². The van der Waals surface area contributed by atoms with Crippen LogP contribution in [-0.2, 0) is 0 Å². The number of aromatic hydroxyl groups is 1. The Morgan fingerprint density at radius 3 is 2.07 bits per heavy atom. The third kappa shape index (κ3) is 2.61. The second kappa shape index (κ2) is 5.20. The van der Waals surface area contributed by atoms with Gasteiger partial charge in [-0.25, -0.2) is 0 Å². The van der Waals surface area contributed by atoms with Gasteiger partial charge < -0.3 is 15.9 Å². The van der Waals surface area contributed by atoms with Crippen molar-refractivity contribution in [3.05, 3.63) is 28.8 Å². The van der Waals surface area contributed by atoms with Gasteiger partial charge in [-0.3, -0.25) is 0 Å². The standard InChI is InChI=1S/C10H15NO2.ClH/c1-6-3-8(9(11)5-12)4-7(2)10(6)13;/h3-4,9,12-13H,5,11H2,1-2H3;1H/t9-;/m1./s1. The molecule has 0 unspecified atom stereocenters. The van der Waals surface area contributed by atoms with Crippen molar-refractivity contribution in [2.45, 2.75) is 19.9 Å². The fraction of sp³-hybridized carbons (Fsp3) is 0.400. The zero-order chi connectivity index (χ0) is 10.0. The van der Waals surface area contributed by atoms with Crippen molar-refractivity contribution in [1.29, 1.82) is 0 Å². The minimum absolute atomic E-state index is 0. The first-order chi connectivity index (χ1) is 6.06. The monoisotopic (exact) mass is 217 g/mol. The number of aliphatic hydroxyl groups is 1. The van der Waals surface area contributed by atoms with Crippen molar-refractivity contribution in [3.8, 4) is 5.75 Å². The molecule has 0 fully saturated rings. The minimum Gasteiger partial charge on any atom is -0.507 e. The van der Waals surface area contributed by atoms with Crippen LogP contribution in [0.5, 0.6) is 5.75 Å². The molecule has 0 heterocycles. The zero-order valence-corrected chi connectivity index (χ0v) is 9.14. The summed E-state index contributed by atoms with van der Waals surface area (Å²) in [4.78, 5) is 0. The van der Waals surface area contributed by atoms with Crippen LogP contribution in [0.25, 0.3) is 0 Å². The molecule has 0 saturated heterocycles.